The monoisotopic (exact) mass is 264 g/mol. The average molecular weight is 264 g/mol. The minimum absolute atomic E-state index is 0.00921. The minimum Gasteiger partial charge on any atom is -0.466 e. The second-order valence-electron chi connectivity index (χ2n) is 4.04. The van der Waals surface area contributed by atoms with Crippen molar-refractivity contribution in [3.63, 3.8) is 0 Å². The van der Waals surface area contributed by atoms with E-state index in [1.807, 2.05) is 18.2 Å². The van der Waals surface area contributed by atoms with Crippen molar-refractivity contribution in [2.75, 3.05) is 13.2 Å². The SMILES string of the molecule is CCOC(=O)CCN(Cc1ccccn1)C(=O)CC. The predicted octanol–water partition coefficient (Wildman–Crippen LogP) is 1.77. The van der Waals surface area contributed by atoms with Crippen molar-refractivity contribution in [3.8, 4) is 0 Å². The fourth-order valence-corrected chi connectivity index (χ4v) is 1.66. The first-order valence-corrected chi connectivity index (χ1v) is 6.50. The first-order chi connectivity index (χ1) is 9.17. The van der Waals surface area contributed by atoms with E-state index in [2.05, 4.69) is 4.98 Å². The molecule has 0 aliphatic carbocycles. The van der Waals surface area contributed by atoms with Crippen LogP contribution >= 0.6 is 0 Å². The molecule has 1 aromatic heterocycles. The summed E-state index contributed by atoms with van der Waals surface area (Å²) in [6, 6.07) is 5.57. The highest BCUT2D eigenvalue weighted by Gasteiger charge is 2.14. The van der Waals surface area contributed by atoms with Crippen molar-refractivity contribution in [1.82, 2.24) is 9.88 Å². The van der Waals surface area contributed by atoms with Crippen LogP contribution in [0.3, 0.4) is 0 Å². The molecule has 1 aromatic rings. The second-order valence-corrected chi connectivity index (χ2v) is 4.04. The van der Waals surface area contributed by atoms with Crippen molar-refractivity contribution in [1.29, 1.82) is 0 Å². The molecule has 0 saturated carbocycles. The summed E-state index contributed by atoms with van der Waals surface area (Å²) in [5.41, 5.74) is 0.813. The van der Waals surface area contributed by atoms with Gasteiger partial charge in [0.1, 0.15) is 0 Å². The van der Waals surface area contributed by atoms with E-state index in [0.29, 0.717) is 26.1 Å². The largest absolute Gasteiger partial charge is 0.466 e. The highest BCUT2D eigenvalue weighted by Crippen LogP contribution is 2.05. The smallest absolute Gasteiger partial charge is 0.307 e. The van der Waals surface area contributed by atoms with E-state index in [-0.39, 0.29) is 18.3 Å². The topological polar surface area (TPSA) is 59.5 Å². The number of nitrogens with zero attached hydrogens (tertiary/aromatic N) is 2. The lowest BCUT2D eigenvalue weighted by molar-refractivity contribution is -0.144. The number of pyridine rings is 1. The van der Waals surface area contributed by atoms with Gasteiger partial charge in [0.2, 0.25) is 5.91 Å². The van der Waals surface area contributed by atoms with Crippen LogP contribution in [0.1, 0.15) is 32.4 Å². The van der Waals surface area contributed by atoms with Crippen LogP contribution < -0.4 is 0 Å². The zero-order valence-corrected chi connectivity index (χ0v) is 11.5. The van der Waals surface area contributed by atoms with E-state index >= 15 is 0 Å². The maximum absolute atomic E-state index is 11.8. The van der Waals surface area contributed by atoms with Gasteiger partial charge in [-0.2, -0.15) is 0 Å². The summed E-state index contributed by atoms with van der Waals surface area (Å²) < 4.78 is 4.86. The Morgan fingerprint density at radius 3 is 2.68 bits per heavy atom. The van der Waals surface area contributed by atoms with Gasteiger partial charge >= 0.3 is 5.97 Å². The number of carbonyl (C=O) groups is 2. The van der Waals surface area contributed by atoms with Gasteiger partial charge in [0.25, 0.3) is 0 Å². The van der Waals surface area contributed by atoms with Gasteiger partial charge in [0.15, 0.2) is 0 Å². The summed E-state index contributed by atoms with van der Waals surface area (Å²) in [7, 11) is 0. The molecule has 0 saturated heterocycles. The van der Waals surface area contributed by atoms with Crippen LogP contribution in [-0.2, 0) is 20.9 Å². The predicted molar refractivity (Wildman–Crippen MR) is 71.2 cm³/mol. The third kappa shape index (κ3) is 5.50. The molecule has 104 valence electrons. The number of hydrogen-bond donors (Lipinski definition) is 0. The molecule has 1 heterocycles. The van der Waals surface area contributed by atoms with Crippen molar-refractivity contribution < 1.29 is 14.3 Å². The number of esters is 1. The standard InChI is InChI=1S/C14H20N2O3/c1-3-13(17)16(10-8-14(18)19-4-2)11-12-7-5-6-9-15-12/h5-7,9H,3-4,8,10-11H2,1-2H3. The fourth-order valence-electron chi connectivity index (χ4n) is 1.66. The maximum atomic E-state index is 11.8. The summed E-state index contributed by atoms with van der Waals surface area (Å²) in [5, 5.41) is 0. The lowest BCUT2D eigenvalue weighted by Crippen LogP contribution is -2.32. The highest BCUT2D eigenvalue weighted by molar-refractivity contribution is 5.77. The average Bonchev–Trinajstić information content (AvgIpc) is 2.44. The molecular weight excluding hydrogens is 244 g/mol. The molecule has 0 spiro atoms. The van der Waals surface area contributed by atoms with Gasteiger partial charge in [-0.15, -0.1) is 0 Å². The lowest BCUT2D eigenvalue weighted by atomic mass is 10.3. The molecule has 0 fully saturated rings. The third-order valence-corrected chi connectivity index (χ3v) is 2.63. The minimum atomic E-state index is -0.280. The molecule has 0 radical (unpaired) electrons. The molecule has 1 rings (SSSR count). The summed E-state index contributed by atoms with van der Waals surface area (Å²) in [5.74, 6) is -0.271. The van der Waals surface area contributed by atoms with E-state index in [9.17, 15) is 9.59 Å². The van der Waals surface area contributed by atoms with Crippen LogP contribution in [0, 0.1) is 0 Å². The molecule has 5 heteroatoms. The zero-order chi connectivity index (χ0) is 14.1. The molecule has 19 heavy (non-hydrogen) atoms. The van der Waals surface area contributed by atoms with Gasteiger partial charge in [-0.25, -0.2) is 0 Å². The summed E-state index contributed by atoms with van der Waals surface area (Å²) in [6.07, 6.45) is 2.32. The first-order valence-electron chi connectivity index (χ1n) is 6.50. The molecular formula is C14H20N2O3. The quantitative estimate of drug-likeness (QED) is 0.704. The van der Waals surface area contributed by atoms with Crippen LogP contribution in [-0.4, -0.2) is 34.9 Å². The molecule has 0 unspecified atom stereocenters. The first kappa shape index (κ1) is 15.1. The molecule has 0 N–H and O–H groups in total. The number of amides is 1. The van der Waals surface area contributed by atoms with E-state index in [1.54, 1.807) is 24.9 Å². The van der Waals surface area contributed by atoms with Gasteiger partial charge in [-0.1, -0.05) is 13.0 Å². The number of hydrogen-bond acceptors (Lipinski definition) is 4. The van der Waals surface area contributed by atoms with E-state index < -0.39 is 0 Å². The molecule has 0 aromatic carbocycles. The van der Waals surface area contributed by atoms with Crippen LogP contribution in [0.15, 0.2) is 24.4 Å². The molecule has 0 atom stereocenters. The normalized spacial score (nSPS) is 10.0. The Morgan fingerprint density at radius 2 is 2.11 bits per heavy atom. The Morgan fingerprint density at radius 1 is 1.32 bits per heavy atom. The van der Waals surface area contributed by atoms with Crippen LogP contribution in [0.5, 0.6) is 0 Å². The number of carbonyl (C=O) groups excluding carboxylic acids is 2. The van der Waals surface area contributed by atoms with Crippen molar-refractivity contribution in [2.24, 2.45) is 0 Å². The number of aromatic nitrogens is 1. The fraction of sp³-hybridized carbons (Fsp3) is 0.500. The Bertz CT molecular complexity index is 406. The Balaban J connectivity index is 2.57. The van der Waals surface area contributed by atoms with E-state index in [1.165, 1.54) is 0 Å². The molecule has 5 nitrogen and oxygen atoms in total. The maximum Gasteiger partial charge on any atom is 0.307 e. The zero-order valence-electron chi connectivity index (χ0n) is 11.5. The van der Waals surface area contributed by atoms with Gasteiger partial charge in [-0.3, -0.25) is 14.6 Å². The van der Waals surface area contributed by atoms with Crippen molar-refractivity contribution in [3.05, 3.63) is 30.1 Å². The van der Waals surface area contributed by atoms with Gasteiger partial charge in [-0.05, 0) is 19.1 Å². The Labute approximate surface area is 113 Å². The molecule has 0 aliphatic rings. The Kier molecular flexibility index (Phi) is 6.57. The van der Waals surface area contributed by atoms with Gasteiger partial charge in [0, 0.05) is 19.2 Å². The summed E-state index contributed by atoms with van der Waals surface area (Å²) >= 11 is 0. The van der Waals surface area contributed by atoms with Crippen LogP contribution in [0.25, 0.3) is 0 Å². The van der Waals surface area contributed by atoms with E-state index in [0.717, 1.165) is 5.69 Å². The van der Waals surface area contributed by atoms with Gasteiger partial charge in [0.05, 0.1) is 25.3 Å². The van der Waals surface area contributed by atoms with Crippen molar-refractivity contribution in [2.45, 2.75) is 33.2 Å². The van der Waals surface area contributed by atoms with E-state index in [4.69, 9.17) is 4.74 Å². The molecule has 0 bridgehead atoms. The van der Waals surface area contributed by atoms with Crippen molar-refractivity contribution >= 4 is 11.9 Å². The molecule has 0 aliphatic heterocycles. The number of rotatable bonds is 7. The van der Waals surface area contributed by atoms with Crippen LogP contribution in [0.4, 0.5) is 0 Å². The molecule has 1 amide bonds. The highest BCUT2D eigenvalue weighted by atomic mass is 16.5. The summed E-state index contributed by atoms with van der Waals surface area (Å²) in [4.78, 5) is 29.0. The van der Waals surface area contributed by atoms with Gasteiger partial charge < -0.3 is 9.64 Å². The lowest BCUT2D eigenvalue weighted by Gasteiger charge is -2.21. The van der Waals surface area contributed by atoms with Crippen LogP contribution in [0.2, 0.25) is 0 Å². The second kappa shape index (κ2) is 8.24. The third-order valence-electron chi connectivity index (χ3n) is 2.63. The summed E-state index contributed by atoms with van der Waals surface area (Å²) in [6.45, 7) is 4.72. The Hall–Kier alpha value is -1.91. The number of ether oxygens (including phenoxy) is 1.